The van der Waals surface area contributed by atoms with E-state index in [0.29, 0.717) is 25.3 Å². The highest BCUT2D eigenvalue weighted by atomic mass is 16.5. The molecule has 0 bridgehead atoms. The van der Waals surface area contributed by atoms with E-state index in [1.54, 1.807) is 7.11 Å². The summed E-state index contributed by atoms with van der Waals surface area (Å²) in [7, 11) is 1.70. The number of rotatable bonds is 6. The van der Waals surface area contributed by atoms with Crippen LogP contribution in [0.4, 0.5) is 0 Å². The van der Waals surface area contributed by atoms with Crippen LogP contribution in [0.15, 0.2) is 46.9 Å². The topological polar surface area (TPSA) is 66.2 Å². The van der Waals surface area contributed by atoms with Crippen molar-refractivity contribution < 1.29 is 19.1 Å². The minimum absolute atomic E-state index is 0.674. The standard InChI is InChI=1S/C21H24N2O4/c1-26-14-13-22-9-11-23(12-10-22)19(21(24)25)17-7-4-6-16-15-5-2-3-8-18(15)27-20(16)17/h2-8,19H,9-14H2,1H3,(H,24,25)/t19-/m0/s1. The molecule has 1 N–H and O–H groups in total. The van der Waals surface area contributed by atoms with Crippen molar-refractivity contribution in [2.45, 2.75) is 6.04 Å². The Hall–Kier alpha value is -2.41. The van der Waals surface area contributed by atoms with Crippen LogP contribution in [0, 0.1) is 0 Å². The molecule has 0 aliphatic carbocycles. The summed E-state index contributed by atoms with van der Waals surface area (Å²) in [5, 5.41) is 12.0. The molecule has 6 nitrogen and oxygen atoms in total. The molecule has 4 rings (SSSR count). The molecule has 1 fully saturated rings. The minimum Gasteiger partial charge on any atom is -0.480 e. The Bertz CT molecular complexity index is 944. The summed E-state index contributed by atoms with van der Waals surface area (Å²) < 4.78 is 11.2. The molecular weight excluding hydrogens is 344 g/mol. The van der Waals surface area contributed by atoms with E-state index in [1.165, 1.54) is 0 Å². The number of aliphatic carboxylic acids is 1. The Labute approximate surface area is 157 Å². The largest absolute Gasteiger partial charge is 0.480 e. The van der Waals surface area contributed by atoms with Gasteiger partial charge in [-0.05, 0) is 6.07 Å². The van der Waals surface area contributed by atoms with Crippen molar-refractivity contribution in [2.75, 3.05) is 46.4 Å². The summed E-state index contributed by atoms with van der Waals surface area (Å²) >= 11 is 0. The number of hydrogen-bond acceptors (Lipinski definition) is 5. The number of methoxy groups -OCH3 is 1. The van der Waals surface area contributed by atoms with Gasteiger partial charge in [-0.2, -0.15) is 0 Å². The average molecular weight is 368 g/mol. The van der Waals surface area contributed by atoms with E-state index in [1.807, 2.05) is 47.4 Å². The molecule has 0 radical (unpaired) electrons. The van der Waals surface area contributed by atoms with Gasteiger partial charge in [0.25, 0.3) is 0 Å². The maximum absolute atomic E-state index is 12.2. The van der Waals surface area contributed by atoms with Crippen LogP contribution >= 0.6 is 0 Å². The van der Waals surface area contributed by atoms with Crippen molar-refractivity contribution in [1.29, 1.82) is 0 Å². The summed E-state index contributed by atoms with van der Waals surface area (Å²) in [5.74, 6) is -0.840. The van der Waals surface area contributed by atoms with E-state index >= 15 is 0 Å². The third-order valence-corrected chi connectivity index (χ3v) is 5.35. The normalized spacial score (nSPS) is 17.5. The lowest BCUT2D eigenvalue weighted by Gasteiger charge is -2.37. The highest BCUT2D eigenvalue weighted by Crippen LogP contribution is 2.35. The fourth-order valence-electron chi connectivity index (χ4n) is 3.94. The molecule has 1 aliphatic heterocycles. The maximum Gasteiger partial charge on any atom is 0.325 e. The second-order valence-corrected chi connectivity index (χ2v) is 6.93. The lowest BCUT2D eigenvalue weighted by atomic mass is 10.0. The Morgan fingerprint density at radius 2 is 1.85 bits per heavy atom. The van der Waals surface area contributed by atoms with E-state index < -0.39 is 12.0 Å². The van der Waals surface area contributed by atoms with Crippen molar-refractivity contribution in [3.8, 4) is 0 Å². The van der Waals surface area contributed by atoms with Gasteiger partial charge in [-0.1, -0.05) is 36.4 Å². The molecule has 0 spiro atoms. The first-order chi connectivity index (χ1) is 13.2. The van der Waals surface area contributed by atoms with Gasteiger partial charge in [-0.15, -0.1) is 0 Å². The Balaban J connectivity index is 1.66. The van der Waals surface area contributed by atoms with Crippen LogP contribution in [-0.2, 0) is 9.53 Å². The quantitative estimate of drug-likeness (QED) is 0.722. The molecule has 2 heterocycles. The molecule has 1 saturated heterocycles. The van der Waals surface area contributed by atoms with Crippen molar-refractivity contribution in [1.82, 2.24) is 9.80 Å². The Kier molecular flexibility index (Phi) is 5.11. The van der Waals surface area contributed by atoms with Gasteiger partial charge >= 0.3 is 5.97 Å². The third kappa shape index (κ3) is 3.43. The first-order valence-electron chi connectivity index (χ1n) is 9.27. The number of para-hydroxylation sites is 2. The zero-order chi connectivity index (χ0) is 18.8. The number of hydrogen-bond donors (Lipinski definition) is 1. The van der Waals surface area contributed by atoms with Crippen LogP contribution in [0.1, 0.15) is 11.6 Å². The average Bonchev–Trinajstić information content (AvgIpc) is 3.07. The summed E-state index contributed by atoms with van der Waals surface area (Å²) in [4.78, 5) is 16.5. The van der Waals surface area contributed by atoms with Crippen LogP contribution < -0.4 is 0 Å². The summed E-state index contributed by atoms with van der Waals surface area (Å²) in [6.45, 7) is 4.66. The predicted molar refractivity (Wildman–Crippen MR) is 104 cm³/mol. The molecule has 27 heavy (non-hydrogen) atoms. The maximum atomic E-state index is 12.2. The molecule has 142 valence electrons. The number of ether oxygens (including phenoxy) is 1. The SMILES string of the molecule is COCCN1CCN([C@H](C(=O)O)c2cccc3c2oc2ccccc23)CC1. The molecular formula is C21H24N2O4. The number of carboxylic acids is 1. The molecule has 0 amide bonds. The molecule has 1 aliphatic rings. The van der Waals surface area contributed by atoms with Crippen LogP contribution in [0.5, 0.6) is 0 Å². The van der Waals surface area contributed by atoms with Gasteiger partial charge in [0.1, 0.15) is 17.2 Å². The van der Waals surface area contributed by atoms with E-state index in [4.69, 9.17) is 9.15 Å². The predicted octanol–water partition coefficient (Wildman–Crippen LogP) is 2.98. The van der Waals surface area contributed by atoms with Gasteiger partial charge in [-0.25, -0.2) is 0 Å². The van der Waals surface area contributed by atoms with E-state index in [9.17, 15) is 9.90 Å². The van der Waals surface area contributed by atoms with Gasteiger partial charge < -0.3 is 14.3 Å². The van der Waals surface area contributed by atoms with Crippen molar-refractivity contribution in [3.63, 3.8) is 0 Å². The van der Waals surface area contributed by atoms with E-state index in [-0.39, 0.29) is 0 Å². The monoisotopic (exact) mass is 368 g/mol. The molecule has 6 heteroatoms. The number of benzene rings is 2. The zero-order valence-corrected chi connectivity index (χ0v) is 15.4. The van der Waals surface area contributed by atoms with Gasteiger partial charge in [0.15, 0.2) is 0 Å². The first-order valence-corrected chi connectivity index (χ1v) is 9.27. The Morgan fingerprint density at radius 1 is 1.11 bits per heavy atom. The summed E-state index contributed by atoms with van der Waals surface area (Å²) in [6.07, 6.45) is 0. The summed E-state index contributed by atoms with van der Waals surface area (Å²) in [6, 6.07) is 12.9. The van der Waals surface area contributed by atoms with Crippen LogP contribution in [0.25, 0.3) is 21.9 Å². The molecule has 1 aromatic heterocycles. The van der Waals surface area contributed by atoms with Crippen molar-refractivity contribution in [3.05, 3.63) is 48.0 Å². The fourth-order valence-corrected chi connectivity index (χ4v) is 3.94. The number of nitrogens with zero attached hydrogens (tertiary/aromatic N) is 2. The number of fused-ring (bicyclic) bond motifs is 3. The van der Waals surface area contributed by atoms with Gasteiger partial charge in [-0.3, -0.25) is 14.6 Å². The van der Waals surface area contributed by atoms with Crippen molar-refractivity contribution >= 4 is 27.9 Å². The third-order valence-electron chi connectivity index (χ3n) is 5.35. The molecule has 2 aromatic carbocycles. The number of furan rings is 1. The van der Waals surface area contributed by atoms with E-state index in [0.717, 1.165) is 41.6 Å². The number of carbonyl (C=O) groups is 1. The second kappa shape index (κ2) is 7.68. The zero-order valence-electron chi connectivity index (χ0n) is 15.4. The number of carboxylic acid groups (broad SMARTS) is 1. The lowest BCUT2D eigenvalue weighted by molar-refractivity contribution is -0.144. The summed E-state index contributed by atoms with van der Waals surface area (Å²) in [5.41, 5.74) is 2.18. The lowest BCUT2D eigenvalue weighted by Crippen LogP contribution is -2.49. The molecule has 0 unspecified atom stereocenters. The highest BCUT2D eigenvalue weighted by molar-refractivity contribution is 6.06. The fraction of sp³-hybridized carbons (Fsp3) is 0.381. The van der Waals surface area contributed by atoms with Gasteiger partial charge in [0.2, 0.25) is 0 Å². The Morgan fingerprint density at radius 3 is 2.59 bits per heavy atom. The smallest absolute Gasteiger partial charge is 0.325 e. The van der Waals surface area contributed by atoms with Gasteiger partial charge in [0.05, 0.1) is 6.61 Å². The molecule has 3 aromatic rings. The van der Waals surface area contributed by atoms with E-state index in [2.05, 4.69) is 4.90 Å². The highest BCUT2D eigenvalue weighted by Gasteiger charge is 2.32. The van der Waals surface area contributed by atoms with Crippen LogP contribution in [0.3, 0.4) is 0 Å². The first kappa shape index (κ1) is 18.0. The molecule has 1 atom stereocenters. The second-order valence-electron chi connectivity index (χ2n) is 6.93. The van der Waals surface area contributed by atoms with Gasteiger partial charge in [0, 0.05) is 56.2 Å². The van der Waals surface area contributed by atoms with Crippen molar-refractivity contribution in [2.24, 2.45) is 0 Å². The minimum atomic E-state index is -0.840. The van der Waals surface area contributed by atoms with Crippen LogP contribution in [0.2, 0.25) is 0 Å². The van der Waals surface area contributed by atoms with Crippen LogP contribution in [-0.4, -0.2) is 67.3 Å². The number of piperazine rings is 1. The molecule has 0 saturated carbocycles.